The molecule has 5 atom stereocenters. The molecule has 0 radical (unpaired) electrons. The Morgan fingerprint density at radius 2 is 1.57 bits per heavy atom. The van der Waals surface area contributed by atoms with E-state index in [0.29, 0.717) is 17.2 Å². The fourth-order valence-electron chi connectivity index (χ4n) is 8.47. The molecule has 68 heavy (non-hydrogen) atoms. The Hall–Kier alpha value is -6.70. The van der Waals surface area contributed by atoms with Crippen molar-refractivity contribution >= 4 is 52.1 Å². The van der Waals surface area contributed by atoms with E-state index in [1.54, 1.807) is 35.1 Å². The lowest BCUT2D eigenvalue weighted by Crippen LogP contribution is -2.58. The molecule has 0 saturated carbocycles. The highest BCUT2D eigenvalue weighted by molar-refractivity contribution is 7.15. The van der Waals surface area contributed by atoms with Gasteiger partial charge in [-0.2, -0.15) is 0 Å². The molecular formula is C49H54N10O7S2. The fraction of sp³-hybridized carbons (Fsp3) is 0.388. The van der Waals surface area contributed by atoms with E-state index in [1.165, 1.54) is 12.0 Å². The van der Waals surface area contributed by atoms with Crippen LogP contribution < -0.4 is 15.4 Å². The number of nitrogens with one attached hydrogen (secondary N) is 2. The number of aromatic nitrogens is 6. The lowest BCUT2D eigenvalue weighted by molar-refractivity contribution is -0.144. The number of nitrogens with zero attached hydrogens (tertiary/aromatic N) is 8. The maximum absolute atomic E-state index is 14.2. The van der Waals surface area contributed by atoms with Gasteiger partial charge in [0.05, 0.1) is 47.5 Å². The number of likely N-dealkylation sites (tertiary alicyclic amines) is 1. The first-order valence-electron chi connectivity index (χ1n) is 22.2. The highest BCUT2D eigenvalue weighted by atomic mass is 32.1. The van der Waals surface area contributed by atoms with E-state index in [9.17, 15) is 24.3 Å². The van der Waals surface area contributed by atoms with Crippen LogP contribution in [-0.2, 0) is 23.9 Å². The molecular weight excluding hydrogens is 905 g/mol. The normalized spacial score (nSPS) is 17.6. The number of aliphatic hydroxyl groups is 1. The lowest BCUT2D eigenvalue weighted by Gasteiger charge is -2.35. The molecule has 17 nitrogen and oxygen atoms in total. The van der Waals surface area contributed by atoms with Crippen molar-refractivity contribution in [3.8, 4) is 32.6 Å². The Bertz CT molecular complexity index is 2880. The van der Waals surface area contributed by atoms with Crippen LogP contribution in [0.15, 0.2) is 71.4 Å². The number of β-amino-alcohol motifs (C(OH)–C–C–N with tert-alkyl or cyclic N) is 1. The maximum atomic E-state index is 14.2. The first-order chi connectivity index (χ1) is 32.4. The Balaban J connectivity index is 0.905. The Labute approximate surface area is 402 Å². The number of amides is 3. The van der Waals surface area contributed by atoms with Crippen LogP contribution in [-0.4, -0.2) is 108 Å². The molecule has 0 bridgehead atoms. The zero-order valence-electron chi connectivity index (χ0n) is 39.4. The first kappa shape index (κ1) is 47.8. The number of benzene rings is 2. The Kier molecular flexibility index (Phi) is 13.7. The average Bonchev–Trinajstić information content (AvgIpc) is 4.09. The second-order valence-corrected chi connectivity index (χ2v) is 20.2. The number of thiazole rings is 1. The zero-order chi connectivity index (χ0) is 48.6. The number of aliphatic imine (C=N–C) groups is 1. The number of fused-ring (bicyclic) bond motifs is 3. The Morgan fingerprint density at radius 1 is 0.897 bits per heavy atom. The van der Waals surface area contributed by atoms with Gasteiger partial charge in [-0.05, 0) is 62.3 Å². The van der Waals surface area contributed by atoms with Crippen molar-refractivity contribution in [2.75, 3.05) is 20.3 Å². The standard InChI is InChI=1S/C49H54N10O7S2/c1-25-28(4)68-47-40(25)41(54-36(19-39(62)65-9)44-57-56-29(5)59(44)47)32-14-12-31(13-15-32)34-20-50-48(51-21-34)66-23-38(61)55-43(49(6,7)8)46(64)58-22-35(60)18-37(58)45(63)53-26(2)30-10-16-33(17-11-30)42-27(3)52-24-67-42/h10-17,20-21,24,26,35-37,43,60H,18-19,22-23H2,1-9H3,(H,53,63)(H,55,61)/t26-,35+,36-,37-,43?/m0/s1. The average molecular weight is 959 g/mol. The summed E-state index contributed by atoms with van der Waals surface area (Å²) in [4.78, 5) is 75.6. The molecule has 8 rings (SSSR count). The molecule has 4 aromatic heterocycles. The molecule has 0 aliphatic carbocycles. The molecule has 3 N–H and O–H groups in total. The highest BCUT2D eigenvalue weighted by Crippen LogP contribution is 2.40. The number of methoxy groups -OCH3 is 1. The van der Waals surface area contributed by atoms with Gasteiger partial charge in [0.15, 0.2) is 12.4 Å². The van der Waals surface area contributed by atoms with Crippen molar-refractivity contribution < 1.29 is 33.8 Å². The molecule has 1 saturated heterocycles. The van der Waals surface area contributed by atoms with Crippen molar-refractivity contribution in [3.05, 3.63) is 111 Å². The monoisotopic (exact) mass is 958 g/mol. The molecule has 6 heterocycles. The van der Waals surface area contributed by atoms with E-state index in [0.717, 1.165) is 59.5 Å². The number of carbonyl (C=O) groups excluding carboxylic acids is 4. The van der Waals surface area contributed by atoms with E-state index >= 15 is 0 Å². The molecule has 354 valence electrons. The fourth-order valence-corrected chi connectivity index (χ4v) is 10.5. The molecule has 0 spiro atoms. The van der Waals surface area contributed by atoms with Gasteiger partial charge in [0.25, 0.3) is 5.91 Å². The SMILES string of the molecule is COC(=O)C[C@@H]1N=C(c2ccc(-c3cnc(OCC(=O)NC(C(=O)N4C[C@H](O)C[C@H]4C(=O)N[C@@H](C)c4ccc(-c5scnc5C)cc4)C(C)(C)C)nc3)cc2)c2c(sc(C)c2C)-n2c(C)nnc21. The number of hydrogen-bond donors (Lipinski definition) is 3. The van der Waals surface area contributed by atoms with Crippen LogP contribution in [0.2, 0.25) is 0 Å². The summed E-state index contributed by atoms with van der Waals surface area (Å²) in [7, 11) is 1.35. The number of aliphatic hydroxyl groups excluding tert-OH is 1. The van der Waals surface area contributed by atoms with E-state index in [1.807, 2.05) is 100 Å². The first-order valence-corrected chi connectivity index (χ1v) is 23.9. The summed E-state index contributed by atoms with van der Waals surface area (Å²) < 4.78 is 12.7. The van der Waals surface area contributed by atoms with Gasteiger partial charge in [-0.25, -0.2) is 15.0 Å². The topological polar surface area (TPSA) is 216 Å². The summed E-state index contributed by atoms with van der Waals surface area (Å²) in [5, 5.41) is 26.2. The molecule has 2 aliphatic rings. The van der Waals surface area contributed by atoms with Crippen LogP contribution in [0.3, 0.4) is 0 Å². The van der Waals surface area contributed by atoms with Gasteiger partial charge in [-0.3, -0.25) is 28.7 Å². The van der Waals surface area contributed by atoms with E-state index in [-0.39, 0.29) is 31.4 Å². The third kappa shape index (κ3) is 9.82. The number of hydrogen-bond acceptors (Lipinski definition) is 15. The van der Waals surface area contributed by atoms with Crippen LogP contribution in [0.1, 0.15) is 97.1 Å². The quantitative estimate of drug-likeness (QED) is 0.108. The van der Waals surface area contributed by atoms with Crippen LogP contribution in [0, 0.1) is 33.1 Å². The van der Waals surface area contributed by atoms with Crippen LogP contribution in [0.5, 0.6) is 6.01 Å². The second kappa shape index (κ2) is 19.5. The minimum absolute atomic E-state index is 0.00220. The number of aryl methyl sites for hydroxylation is 3. The molecule has 3 amide bonds. The number of carbonyl (C=O) groups is 4. The second-order valence-electron chi connectivity index (χ2n) is 18.2. The molecule has 2 aromatic carbocycles. The van der Waals surface area contributed by atoms with Crippen molar-refractivity contribution in [2.24, 2.45) is 10.4 Å². The van der Waals surface area contributed by atoms with Gasteiger partial charge in [-0.1, -0.05) is 69.3 Å². The summed E-state index contributed by atoms with van der Waals surface area (Å²) in [5.74, 6) is -0.600. The lowest BCUT2D eigenvalue weighted by atomic mass is 9.85. The van der Waals surface area contributed by atoms with Crippen molar-refractivity contribution in [1.29, 1.82) is 0 Å². The zero-order valence-corrected chi connectivity index (χ0v) is 41.0. The van der Waals surface area contributed by atoms with E-state index < -0.39 is 59.9 Å². The predicted octanol–water partition coefficient (Wildman–Crippen LogP) is 6.35. The summed E-state index contributed by atoms with van der Waals surface area (Å²) in [6.45, 7) is 14.8. The van der Waals surface area contributed by atoms with Crippen LogP contribution in [0.4, 0.5) is 0 Å². The van der Waals surface area contributed by atoms with Crippen molar-refractivity contribution in [2.45, 2.75) is 98.5 Å². The molecule has 6 aromatic rings. The third-order valence-electron chi connectivity index (χ3n) is 12.3. The van der Waals surface area contributed by atoms with Gasteiger partial charge in [-0.15, -0.1) is 32.9 Å². The largest absolute Gasteiger partial charge is 0.469 e. The Morgan fingerprint density at radius 3 is 2.22 bits per heavy atom. The number of thiophene rings is 1. The van der Waals surface area contributed by atoms with Gasteiger partial charge in [0.1, 0.15) is 29.0 Å². The summed E-state index contributed by atoms with van der Waals surface area (Å²) in [6.07, 6.45) is 2.34. The maximum Gasteiger partial charge on any atom is 0.316 e. The van der Waals surface area contributed by atoms with Gasteiger partial charge < -0.3 is 30.1 Å². The number of ether oxygens (including phenoxy) is 2. The van der Waals surface area contributed by atoms with Crippen LogP contribution in [0.25, 0.3) is 26.6 Å². The van der Waals surface area contributed by atoms with Crippen molar-refractivity contribution in [3.63, 3.8) is 0 Å². The van der Waals surface area contributed by atoms with Gasteiger partial charge in [0, 0.05) is 46.9 Å². The summed E-state index contributed by atoms with van der Waals surface area (Å²) >= 11 is 3.20. The smallest absolute Gasteiger partial charge is 0.316 e. The summed E-state index contributed by atoms with van der Waals surface area (Å²) in [5.41, 5.74) is 9.05. The third-order valence-corrected chi connectivity index (χ3v) is 14.5. The molecule has 2 aliphatic heterocycles. The predicted molar refractivity (Wildman–Crippen MR) is 258 cm³/mol. The molecule has 19 heteroatoms. The number of rotatable bonds is 13. The molecule has 1 fully saturated rings. The minimum atomic E-state index is -1.04. The highest BCUT2D eigenvalue weighted by Gasteiger charge is 2.45. The minimum Gasteiger partial charge on any atom is -0.469 e. The number of esters is 1. The van der Waals surface area contributed by atoms with E-state index in [2.05, 4.69) is 49.6 Å². The summed E-state index contributed by atoms with van der Waals surface area (Å²) in [6, 6.07) is 12.7. The van der Waals surface area contributed by atoms with Crippen LogP contribution >= 0.6 is 22.7 Å². The van der Waals surface area contributed by atoms with Crippen molar-refractivity contribution in [1.82, 2.24) is 45.2 Å². The molecule has 1 unspecified atom stereocenters. The van der Waals surface area contributed by atoms with Gasteiger partial charge >= 0.3 is 12.0 Å². The van der Waals surface area contributed by atoms with E-state index in [4.69, 9.17) is 14.5 Å². The van der Waals surface area contributed by atoms with Gasteiger partial charge in [0.2, 0.25) is 11.8 Å².